The molecule has 1 amide bonds. The zero-order valence-electron chi connectivity index (χ0n) is 14.1. The number of carbonyl (C=O) groups is 2. The number of nitrogens with zero attached hydrogens (tertiary/aromatic N) is 2. The molecule has 0 aromatic carbocycles. The quantitative estimate of drug-likeness (QED) is 0.562. The molecule has 0 aliphatic heterocycles. The summed E-state index contributed by atoms with van der Waals surface area (Å²) in [5.74, 6) is -3.65. The average Bonchev–Trinajstić information content (AvgIpc) is 3.04. The Bertz CT molecular complexity index is 863. The fourth-order valence-corrected chi connectivity index (χ4v) is 2.00. The summed E-state index contributed by atoms with van der Waals surface area (Å²) in [6.07, 6.45) is -2.50. The lowest BCUT2D eigenvalue weighted by Crippen LogP contribution is -2.50. The second kappa shape index (κ2) is 7.21. The smallest absolute Gasteiger partial charge is 0.405 e. The summed E-state index contributed by atoms with van der Waals surface area (Å²) in [4.78, 5) is 32.9. The lowest BCUT2D eigenvalue weighted by molar-refractivity contribution is -0.140. The molecule has 0 radical (unpaired) electrons. The molecule has 0 bridgehead atoms. The van der Waals surface area contributed by atoms with Crippen molar-refractivity contribution in [3.05, 3.63) is 30.0 Å². The molecule has 0 saturated heterocycles. The maximum atomic E-state index is 14.0. The summed E-state index contributed by atoms with van der Waals surface area (Å²) in [5, 5.41) is 13.0. The number of hydrogen-bond acceptors (Lipinski definition) is 5. The molecule has 8 nitrogen and oxygen atoms in total. The van der Waals surface area contributed by atoms with Gasteiger partial charge in [-0.25, -0.2) is 19.2 Å². The summed E-state index contributed by atoms with van der Waals surface area (Å²) in [6, 6.07) is 1.22. The molecule has 2 aromatic heterocycles. The Morgan fingerprint density at radius 2 is 1.96 bits per heavy atom. The van der Waals surface area contributed by atoms with Crippen molar-refractivity contribution in [3.8, 4) is 11.4 Å². The maximum Gasteiger partial charge on any atom is 0.405 e. The Labute approximate surface area is 150 Å². The highest BCUT2D eigenvalue weighted by atomic mass is 19.4. The molecule has 2 aromatic rings. The van der Waals surface area contributed by atoms with E-state index in [4.69, 9.17) is 5.11 Å². The van der Waals surface area contributed by atoms with E-state index in [1.807, 2.05) is 0 Å². The minimum absolute atomic E-state index is 0.0471. The number of aromatic nitrogens is 3. The van der Waals surface area contributed by atoms with E-state index in [9.17, 15) is 27.2 Å². The van der Waals surface area contributed by atoms with Crippen LogP contribution in [0.1, 0.15) is 24.3 Å². The number of aromatic carboxylic acids is 1. The Kier molecular flexibility index (Phi) is 5.38. The highest BCUT2D eigenvalue weighted by molar-refractivity contribution is 5.88. The molecule has 12 heteroatoms. The van der Waals surface area contributed by atoms with E-state index < -0.39 is 41.8 Å². The Balaban J connectivity index is 2.22. The van der Waals surface area contributed by atoms with Crippen LogP contribution < -0.4 is 10.6 Å². The zero-order valence-corrected chi connectivity index (χ0v) is 14.1. The largest absolute Gasteiger partial charge is 0.477 e. The third-order valence-corrected chi connectivity index (χ3v) is 3.36. The van der Waals surface area contributed by atoms with Gasteiger partial charge in [-0.1, -0.05) is 0 Å². The summed E-state index contributed by atoms with van der Waals surface area (Å²) in [7, 11) is 0. The molecule has 2 heterocycles. The highest BCUT2D eigenvalue weighted by Gasteiger charge is 2.34. The maximum absolute atomic E-state index is 14.0. The van der Waals surface area contributed by atoms with Crippen molar-refractivity contribution in [3.63, 3.8) is 0 Å². The average molecular weight is 389 g/mol. The number of rotatable bonds is 6. The first-order valence-electron chi connectivity index (χ1n) is 7.47. The molecule has 0 aliphatic carbocycles. The third-order valence-electron chi connectivity index (χ3n) is 3.36. The SMILES string of the molecule is CC(C)(Nc1nc(-c2c[nH]c(C(=O)O)c2)ncc1F)C(=O)NCC(F)(F)F. The van der Waals surface area contributed by atoms with Gasteiger partial charge in [-0.15, -0.1) is 0 Å². The van der Waals surface area contributed by atoms with Crippen LogP contribution in [0.3, 0.4) is 0 Å². The number of anilines is 1. The van der Waals surface area contributed by atoms with Crippen molar-refractivity contribution in [2.45, 2.75) is 25.6 Å². The number of carboxylic acids is 1. The molecule has 0 fully saturated rings. The molecule has 0 atom stereocenters. The number of carbonyl (C=O) groups excluding carboxylic acids is 1. The van der Waals surface area contributed by atoms with Crippen LogP contribution in [0.25, 0.3) is 11.4 Å². The van der Waals surface area contributed by atoms with Crippen molar-refractivity contribution >= 4 is 17.7 Å². The molecule has 0 spiro atoms. The fraction of sp³-hybridized carbons (Fsp3) is 0.333. The van der Waals surface area contributed by atoms with Crippen molar-refractivity contribution in [1.29, 1.82) is 0 Å². The Morgan fingerprint density at radius 3 is 2.52 bits per heavy atom. The number of H-pyrrole nitrogens is 1. The van der Waals surface area contributed by atoms with Gasteiger partial charge >= 0.3 is 12.1 Å². The monoisotopic (exact) mass is 389 g/mol. The highest BCUT2D eigenvalue weighted by Crippen LogP contribution is 2.22. The van der Waals surface area contributed by atoms with Crippen molar-refractivity contribution < 1.29 is 32.3 Å². The fourth-order valence-electron chi connectivity index (χ4n) is 2.00. The van der Waals surface area contributed by atoms with Gasteiger partial charge in [-0.05, 0) is 19.9 Å². The Morgan fingerprint density at radius 1 is 1.30 bits per heavy atom. The number of amides is 1. The minimum Gasteiger partial charge on any atom is -0.477 e. The van der Waals surface area contributed by atoms with Crippen LogP contribution in [0.2, 0.25) is 0 Å². The van der Waals surface area contributed by atoms with Crippen molar-refractivity contribution in [2.24, 2.45) is 0 Å². The molecule has 4 N–H and O–H groups in total. The van der Waals surface area contributed by atoms with Crippen LogP contribution in [0.5, 0.6) is 0 Å². The number of carboxylic acid groups (broad SMARTS) is 1. The van der Waals surface area contributed by atoms with Gasteiger partial charge in [0.2, 0.25) is 5.91 Å². The molecular formula is C15H15F4N5O3. The lowest BCUT2D eigenvalue weighted by Gasteiger charge is -2.26. The molecule has 0 unspecified atom stereocenters. The van der Waals surface area contributed by atoms with Crippen molar-refractivity contribution in [1.82, 2.24) is 20.3 Å². The predicted octanol–water partition coefficient (Wildman–Crippen LogP) is 2.18. The number of halogens is 4. The van der Waals surface area contributed by atoms with E-state index in [0.717, 1.165) is 6.20 Å². The van der Waals surface area contributed by atoms with Crippen LogP contribution >= 0.6 is 0 Å². The summed E-state index contributed by atoms with van der Waals surface area (Å²) < 4.78 is 50.7. The predicted molar refractivity (Wildman–Crippen MR) is 85.5 cm³/mol. The van der Waals surface area contributed by atoms with Gasteiger partial charge in [-0.3, -0.25) is 4.79 Å². The van der Waals surface area contributed by atoms with Crippen molar-refractivity contribution in [2.75, 3.05) is 11.9 Å². The van der Waals surface area contributed by atoms with Gasteiger partial charge in [0.1, 0.15) is 17.8 Å². The van der Waals surface area contributed by atoms with Gasteiger partial charge < -0.3 is 20.7 Å². The number of nitrogens with one attached hydrogen (secondary N) is 3. The second-order valence-electron chi connectivity index (χ2n) is 6.05. The van der Waals surface area contributed by atoms with Gasteiger partial charge in [0, 0.05) is 11.8 Å². The topological polar surface area (TPSA) is 120 Å². The number of alkyl halides is 3. The first-order valence-corrected chi connectivity index (χ1v) is 7.47. The first kappa shape index (κ1) is 20.1. The summed E-state index contributed by atoms with van der Waals surface area (Å²) >= 11 is 0. The summed E-state index contributed by atoms with van der Waals surface area (Å²) in [5.41, 5.74) is -1.52. The minimum atomic E-state index is -4.59. The number of hydrogen-bond donors (Lipinski definition) is 4. The second-order valence-corrected chi connectivity index (χ2v) is 6.05. The first-order chi connectivity index (χ1) is 12.4. The van der Waals surface area contributed by atoms with E-state index >= 15 is 0 Å². The van der Waals surface area contributed by atoms with E-state index in [0.29, 0.717) is 0 Å². The van der Waals surface area contributed by atoms with Crippen LogP contribution in [0.4, 0.5) is 23.4 Å². The third kappa shape index (κ3) is 5.15. The van der Waals surface area contributed by atoms with Crippen LogP contribution in [0, 0.1) is 5.82 Å². The van der Waals surface area contributed by atoms with E-state index in [2.05, 4.69) is 20.3 Å². The standard InChI is InChI=1S/C15H15F4N5O3/c1-14(2,13(27)22-6-15(17,18)19)24-11-8(16)5-21-10(23-11)7-3-9(12(25)26)20-4-7/h3-5,20H,6H2,1-2H3,(H,22,27)(H,25,26)(H,21,23,24). The summed E-state index contributed by atoms with van der Waals surface area (Å²) in [6.45, 7) is 0.966. The van der Waals surface area contributed by atoms with Crippen LogP contribution in [-0.2, 0) is 4.79 Å². The van der Waals surface area contributed by atoms with Gasteiger partial charge in [0.05, 0.1) is 6.20 Å². The molecule has 146 valence electrons. The van der Waals surface area contributed by atoms with E-state index in [1.54, 1.807) is 5.32 Å². The molecule has 0 aliphatic rings. The molecule has 2 rings (SSSR count). The Hall–Kier alpha value is -3.18. The lowest BCUT2D eigenvalue weighted by atomic mass is 10.0. The van der Waals surface area contributed by atoms with E-state index in [-0.39, 0.29) is 17.1 Å². The molecule has 27 heavy (non-hydrogen) atoms. The van der Waals surface area contributed by atoms with Crippen LogP contribution in [-0.4, -0.2) is 50.2 Å². The molecule has 0 saturated carbocycles. The van der Waals surface area contributed by atoms with Gasteiger partial charge in [0.15, 0.2) is 17.5 Å². The van der Waals surface area contributed by atoms with Crippen LogP contribution in [0.15, 0.2) is 18.5 Å². The van der Waals surface area contributed by atoms with E-state index in [1.165, 1.54) is 26.1 Å². The van der Waals surface area contributed by atoms with Gasteiger partial charge in [0.25, 0.3) is 0 Å². The van der Waals surface area contributed by atoms with Gasteiger partial charge in [-0.2, -0.15) is 13.2 Å². The number of aromatic amines is 1. The normalized spacial score (nSPS) is 11.9. The molecular weight excluding hydrogens is 374 g/mol. The zero-order chi connectivity index (χ0) is 20.4.